The van der Waals surface area contributed by atoms with Gasteiger partial charge in [0, 0.05) is 26.2 Å². The molecule has 0 aromatic carbocycles. The summed E-state index contributed by atoms with van der Waals surface area (Å²) >= 11 is 0. The minimum atomic E-state index is -0.372. The molecule has 1 saturated heterocycles. The Morgan fingerprint density at radius 2 is 2.26 bits per heavy atom. The van der Waals surface area contributed by atoms with Crippen molar-refractivity contribution in [2.24, 2.45) is 0 Å². The SMILES string of the molecule is C#CCNC(=O)C(C)N1CCNCC1C(=O)NCC. The lowest BCUT2D eigenvalue weighted by atomic mass is 10.1. The third-order valence-electron chi connectivity index (χ3n) is 3.18. The first kappa shape index (κ1) is 15.5. The monoisotopic (exact) mass is 266 g/mol. The molecule has 0 aliphatic carbocycles. The molecule has 0 radical (unpaired) electrons. The highest BCUT2D eigenvalue weighted by molar-refractivity contribution is 5.85. The van der Waals surface area contributed by atoms with Gasteiger partial charge in [0.15, 0.2) is 0 Å². The lowest BCUT2D eigenvalue weighted by molar-refractivity contribution is -0.132. The van der Waals surface area contributed by atoms with Crippen molar-refractivity contribution in [2.45, 2.75) is 25.9 Å². The molecule has 2 unspecified atom stereocenters. The molecule has 1 aliphatic rings. The molecule has 0 aromatic heterocycles. The van der Waals surface area contributed by atoms with Crippen molar-refractivity contribution < 1.29 is 9.59 Å². The van der Waals surface area contributed by atoms with Crippen LogP contribution < -0.4 is 16.0 Å². The van der Waals surface area contributed by atoms with Gasteiger partial charge in [-0.1, -0.05) is 5.92 Å². The van der Waals surface area contributed by atoms with Crippen LogP contribution in [0.3, 0.4) is 0 Å². The van der Waals surface area contributed by atoms with Gasteiger partial charge in [-0.25, -0.2) is 0 Å². The number of carbonyl (C=O) groups is 2. The van der Waals surface area contributed by atoms with Crippen LogP contribution in [0.25, 0.3) is 0 Å². The molecule has 0 saturated carbocycles. The number of terminal acetylenes is 1. The molecule has 1 aliphatic heterocycles. The van der Waals surface area contributed by atoms with Crippen LogP contribution >= 0.6 is 0 Å². The van der Waals surface area contributed by atoms with E-state index in [0.29, 0.717) is 19.6 Å². The van der Waals surface area contributed by atoms with Crippen molar-refractivity contribution in [2.75, 3.05) is 32.7 Å². The van der Waals surface area contributed by atoms with Gasteiger partial charge in [0.05, 0.1) is 12.6 Å². The zero-order chi connectivity index (χ0) is 14.3. The fourth-order valence-electron chi connectivity index (χ4n) is 2.16. The first-order valence-corrected chi connectivity index (χ1v) is 6.57. The van der Waals surface area contributed by atoms with Crippen LogP contribution in [0, 0.1) is 12.3 Å². The first-order valence-electron chi connectivity index (χ1n) is 6.57. The summed E-state index contributed by atoms with van der Waals surface area (Å²) in [7, 11) is 0. The quantitative estimate of drug-likeness (QED) is 0.532. The summed E-state index contributed by atoms with van der Waals surface area (Å²) in [5.41, 5.74) is 0. The summed E-state index contributed by atoms with van der Waals surface area (Å²) in [6.45, 7) is 6.45. The molecule has 1 rings (SSSR count). The number of piperazine rings is 1. The minimum Gasteiger partial charge on any atom is -0.355 e. The summed E-state index contributed by atoms with van der Waals surface area (Å²) < 4.78 is 0. The molecule has 2 amide bonds. The van der Waals surface area contributed by atoms with Crippen LogP contribution in [0.15, 0.2) is 0 Å². The van der Waals surface area contributed by atoms with Gasteiger partial charge in [0.2, 0.25) is 11.8 Å². The molecule has 6 heteroatoms. The second kappa shape index (κ2) is 7.77. The molecular formula is C13H22N4O2. The summed E-state index contributed by atoms with van der Waals surface area (Å²) in [6, 6.07) is -0.691. The number of nitrogens with one attached hydrogen (secondary N) is 3. The van der Waals surface area contributed by atoms with Crippen molar-refractivity contribution in [3.05, 3.63) is 0 Å². The van der Waals surface area contributed by atoms with Gasteiger partial charge in [0.25, 0.3) is 0 Å². The van der Waals surface area contributed by atoms with E-state index >= 15 is 0 Å². The molecule has 1 fully saturated rings. The Balaban J connectivity index is 2.68. The van der Waals surface area contributed by atoms with Gasteiger partial charge >= 0.3 is 0 Å². The maximum atomic E-state index is 12.0. The average Bonchev–Trinajstić information content (AvgIpc) is 2.44. The highest BCUT2D eigenvalue weighted by Gasteiger charge is 2.34. The third-order valence-corrected chi connectivity index (χ3v) is 3.18. The van der Waals surface area contributed by atoms with E-state index in [0.717, 1.165) is 6.54 Å². The predicted molar refractivity (Wildman–Crippen MR) is 73.4 cm³/mol. The lowest BCUT2D eigenvalue weighted by Gasteiger charge is -2.38. The zero-order valence-electron chi connectivity index (χ0n) is 11.5. The number of hydrogen-bond acceptors (Lipinski definition) is 4. The second-order valence-electron chi connectivity index (χ2n) is 4.45. The predicted octanol–water partition coefficient (Wildman–Crippen LogP) is -1.47. The van der Waals surface area contributed by atoms with Crippen molar-refractivity contribution in [3.63, 3.8) is 0 Å². The van der Waals surface area contributed by atoms with Crippen molar-refractivity contribution in [3.8, 4) is 12.3 Å². The molecule has 1 heterocycles. The van der Waals surface area contributed by atoms with Gasteiger partial charge in [-0.05, 0) is 13.8 Å². The minimum absolute atomic E-state index is 0.0497. The van der Waals surface area contributed by atoms with Crippen molar-refractivity contribution >= 4 is 11.8 Å². The third kappa shape index (κ3) is 4.23. The van der Waals surface area contributed by atoms with E-state index < -0.39 is 0 Å². The molecule has 0 spiro atoms. The number of carbonyl (C=O) groups excluding carboxylic acids is 2. The van der Waals surface area contributed by atoms with Crippen LogP contribution in [0.5, 0.6) is 0 Å². The molecule has 6 nitrogen and oxygen atoms in total. The molecule has 0 aromatic rings. The highest BCUT2D eigenvalue weighted by Crippen LogP contribution is 2.09. The maximum absolute atomic E-state index is 12.0. The average molecular weight is 266 g/mol. The first-order chi connectivity index (χ1) is 9.11. The Bertz CT molecular complexity index is 364. The Hall–Kier alpha value is -1.58. The smallest absolute Gasteiger partial charge is 0.238 e. The number of likely N-dealkylation sites (N-methyl/N-ethyl adjacent to an activating group) is 1. The lowest BCUT2D eigenvalue weighted by Crippen LogP contribution is -2.62. The van der Waals surface area contributed by atoms with Crippen LogP contribution in [-0.2, 0) is 9.59 Å². The van der Waals surface area contributed by atoms with Gasteiger partial charge in [-0.2, -0.15) is 0 Å². The van der Waals surface area contributed by atoms with E-state index in [1.54, 1.807) is 6.92 Å². The highest BCUT2D eigenvalue weighted by atomic mass is 16.2. The van der Waals surface area contributed by atoms with E-state index in [1.807, 2.05) is 11.8 Å². The molecular weight excluding hydrogens is 244 g/mol. The summed E-state index contributed by atoms with van der Waals surface area (Å²) in [5, 5.41) is 8.62. The van der Waals surface area contributed by atoms with Crippen LogP contribution in [0.2, 0.25) is 0 Å². The largest absolute Gasteiger partial charge is 0.355 e. The Labute approximate surface area is 114 Å². The number of hydrogen-bond donors (Lipinski definition) is 3. The number of nitrogens with zero attached hydrogens (tertiary/aromatic N) is 1. The molecule has 0 bridgehead atoms. The van der Waals surface area contributed by atoms with Crippen molar-refractivity contribution in [1.82, 2.24) is 20.9 Å². The number of rotatable bonds is 5. The van der Waals surface area contributed by atoms with Crippen molar-refractivity contribution in [1.29, 1.82) is 0 Å². The number of amides is 2. The summed E-state index contributed by atoms with van der Waals surface area (Å²) in [5.74, 6) is 2.17. The van der Waals surface area contributed by atoms with Gasteiger partial charge < -0.3 is 16.0 Å². The Kier molecular flexibility index (Phi) is 6.33. The van der Waals surface area contributed by atoms with E-state index in [-0.39, 0.29) is 30.4 Å². The maximum Gasteiger partial charge on any atom is 0.238 e. The normalized spacial score (nSPS) is 21.2. The fraction of sp³-hybridized carbons (Fsp3) is 0.692. The summed E-state index contributed by atoms with van der Waals surface area (Å²) in [6.07, 6.45) is 5.12. The molecule has 19 heavy (non-hydrogen) atoms. The van der Waals surface area contributed by atoms with Crippen LogP contribution in [-0.4, -0.2) is 61.5 Å². The molecule has 106 valence electrons. The fourth-order valence-corrected chi connectivity index (χ4v) is 2.16. The summed E-state index contributed by atoms with van der Waals surface area (Å²) in [4.78, 5) is 25.8. The standard InChI is InChI=1S/C13H22N4O2/c1-4-6-16-12(18)10(3)17-8-7-14-9-11(17)13(19)15-5-2/h1,10-11,14H,5-9H2,2-3H3,(H,15,19)(H,16,18). The van der Waals surface area contributed by atoms with E-state index in [4.69, 9.17) is 6.42 Å². The van der Waals surface area contributed by atoms with E-state index in [1.165, 1.54) is 0 Å². The van der Waals surface area contributed by atoms with E-state index in [9.17, 15) is 9.59 Å². The van der Waals surface area contributed by atoms with Gasteiger partial charge in [0.1, 0.15) is 6.04 Å². The topological polar surface area (TPSA) is 73.5 Å². The zero-order valence-corrected chi connectivity index (χ0v) is 11.5. The Morgan fingerprint density at radius 3 is 2.89 bits per heavy atom. The Morgan fingerprint density at radius 1 is 1.53 bits per heavy atom. The van der Waals surface area contributed by atoms with E-state index in [2.05, 4.69) is 21.9 Å². The molecule has 2 atom stereocenters. The van der Waals surface area contributed by atoms with Gasteiger partial charge in [-0.3, -0.25) is 14.5 Å². The van der Waals surface area contributed by atoms with Crippen LogP contribution in [0.1, 0.15) is 13.8 Å². The molecule has 3 N–H and O–H groups in total. The van der Waals surface area contributed by atoms with Gasteiger partial charge in [-0.15, -0.1) is 6.42 Å². The second-order valence-corrected chi connectivity index (χ2v) is 4.45. The van der Waals surface area contributed by atoms with Crippen LogP contribution in [0.4, 0.5) is 0 Å².